The van der Waals surface area contributed by atoms with Crippen molar-refractivity contribution < 1.29 is 4.79 Å². The number of carbonyl (C=O) groups excluding carboxylic acids is 1. The monoisotopic (exact) mass is 173 g/mol. The first-order valence-electron chi connectivity index (χ1n) is 4.33. The van der Waals surface area contributed by atoms with E-state index in [1.165, 1.54) is 0 Å². The van der Waals surface area contributed by atoms with Crippen molar-refractivity contribution in [2.24, 2.45) is 17.4 Å². The van der Waals surface area contributed by atoms with Crippen LogP contribution in [0, 0.1) is 5.92 Å². The number of hydrogen-bond acceptors (Lipinski definition) is 2. The Labute approximate surface area is 73.7 Å². The maximum Gasteiger partial charge on any atom is 0.312 e. The van der Waals surface area contributed by atoms with Gasteiger partial charge in [0, 0.05) is 12.6 Å². The second-order valence-corrected chi connectivity index (χ2v) is 3.34. The third kappa shape index (κ3) is 5.97. The molecule has 0 fully saturated rings. The molecule has 0 unspecified atom stereocenters. The molecule has 12 heavy (non-hydrogen) atoms. The van der Waals surface area contributed by atoms with Gasteiger partial charge in [-0.2, -0.15) is 0 Å². The van der Waals surface area contributed by atoms with E-state index in [1.807, 2.05) is 0 Å². The molecule has 0 radical (unpaired) electrons. The zero-order valence-corrected chi connectivity index (χ0v) is 7.84. The van der Waals surface area contributed by atoms with Gasteiger partial charge in [0.15, 0.2) is 0 Å². The smallest absolute Gasteiger partial charge is 0.312 e. The Hall–Kier alpha value is -0.770. The summed E-state index contributed by atoms with van der Waals surface area (Å²) >= 11 is 0. The van der Waals surface area contributed by atoms with Crippen LogP contribution >= 0.6 is 0 Å². The van der Waals surface area contributed by atoms with E-state index in [-0.39, 0.29) is 6.04 Å². The van der Waals surface area contributed by atoms with Crippen LogP contribution < -0.4 is 16.8 Å². The van der Waals surface area contributed by atoms with E-state index in [0.717, 1.165) is 12.8 Å². The lowest BCUT2D eigenvalue weighted by molar-refractivity contribution is 0.248. The molecule has 4 heteroatoms. The Bertz CT molecular complexity index is 136. The Balaban J connectivity index is 3.25. The number of nitrogens with two attached hydrogens (primary N) is 2. The average molecular weight is 173 g/mol. The largest absolute Gasteiger partial charge is 0.352 e. The van der Waals surface area contributed by atoms with Crippen molar-refractivity contribution in [1.82, 2.24) is 5.32 Å². The molecule has 0 aliphatic rings. The van der Waals surface area contributed by atoms with Crippen LogP contribution in [0.1, 0.15) is 26.7 Å². The normalized spacial score (nSPS) is 13.0. The average Bonchev–Trinajstić information content (AvgIpc) is 1.97. The van der Waals surface area contributed by atoms with E-state index in [1.54, 1.807) is 0 Å². The summed E-state index contributed by atoms with van der Waals surface area (Å²) in [5, 5.41) is 2.52. The van der Waals surface area contributed by atoms with Crippen LogP contribution in [-0.4, -0.2) is 18.6 Å². The summed E-state index contributed by atoms with van der Waals surface area (Å²) in [6.45, 7) is 4.80. The van der Waals surface area contributed by atoms with Crippen LogP contribution in [0.5, 0.6) is 0 Å². The fourth-order valence-electron chi connectivity index (χ4n) is 0.883. The zero-order valence-electron chi connectivity index (χ0n) is 7.84. The van der Waals surface area contributed by atoms with Crippen LogP contribution in [0.25, 0.3) is 0 Å². The summed E-state index contributed by atoms with van der Waals surface area (Å²) in [5.41, 5.74) is 10.7. The summed E-state index contributed by atoms with van der Waals surface area (Å²) in [6, 6.07) is -0.243. The van der Waals surface area contributed by atoms with Crippen molar-refractivity contribution in [1.29, 1.82) is 0 Å². The quantitative estimate of drug-likeness (QED) is 0.526. The van der Waals surface area contributed by atoms with E-state index >= 15 is 0 Å². The number of nitrogens with one attached hydrogen (secondary N) is 1. The number of carbonyl (C=O) groups is 1. The van der Waals surface area contributed by atoms with Gasteiger partial charge in [0.1, 0.15) is 0 Å². The van der Waals surface area contributed by atoms with Crippen LogP contribution in [0.3, 0.4) is 0 Å². The Morgan fingerprint density at radius 1 is 1.50 bits per heavy atom. The molecule has 0 heterocycles. The molecule has 1 atom stereocenters. The van der Waals surface area contributed by atoms with Gasteiger partial charge in [0.2, 0.25) is 0 Å². The first-order valence-corrected chi connectivity index (χ1v) is 4.33. The van der Waals surface area contributed by atoms with Gasteiger partial charge in [-0.15, -0.1) is 0 Å². The highest BCUT2D eigenvalue weighted by atomic mass is 16.2. The molecule has 0 aliphatic carbocycles. The lowest BCUT2D eigenvalue weighted by atomic mass is 10.0. The van der Waals surface area contributed by atoms with Gasteiger partial charge < -0.3 is 16.8 Å². The van der Waals surface area contributed by atoms with Gasteiger partial charge in [-0.05, 0) is 18.8 Å². The van der Waals surface area contributed by atoms with E-state index in [2.05, 4.69) is 19.2 Å². The fourth-order valence-corrected chi connectivity index (χ4v) is 0.883. The van der Waals surface area contributed by atoms with Crippen LogP contribution in [-0.2, 0) is 0 Å². The summed E-state index contributed by atoms with van der Waals surface area (Å²) in [4.78, 5) is 10.3. The lowest BCUT2D eigenvalue weighted by Gasteiger charge is -2.14. The molecule has 0 spiro atoms. The molecular formula is C8H19N3O. The lowest BCUT2D eigenvalue weighted by Crippen LogP contribution is -2.32. The van der Waals surface area contributed by atoms with Gasteiger partial charge in [-0.1, -0.05) is 13.8 Å². The predicted molar refractivity (Wildman–Crippen MR) is 49.6 cm³/mol. The van der Waals surface area contributed by atoms with Crippen molar-refractivity contribution in [2.45, 2.75) is 32.7 Å². The number of urea groups is 1. The molecular weight excluding hydrogens is 154 g/mol. The molecule has 0 aromatic rings. The summed E-state index contributed by atoms with van der Waals surface area (Å²) in [7, 11) is 0. The van der Waals surface area contributed by atoms with Crippen LogP contribution in [0.2, 0.25) is 0 Å². The SMILES string of the molecule is CC(C)[C@@H](N)CCCNC(N)=O. The first kappa shape index (κ1) is 11.2. The molecule has 2 amide bonds. The first-order chi connectivity index (χ1) is 5.54. The van der Waals surface area contributed by atoms with Crippen molar-refractivity contribution in [3.8, 4) is 0 Å². The van der Waals surface area contributed by atoms with Gasteiger partial charge in [-0.25, -0.2) is 4.79 Å². The summed E-state index contributed by atoms with van der Waals surface area (Å²) < 4.78 is 0. The Kier molecular flexibility index (Phi) is 5.45. The van der Waals surface area contributed by atoms with E-state index in [4.69, 9.17) is 11.5 Å². The molecule has 0 aromatic heterocycles. The number of amides is 2. The second-order valence-electron chi connectivity index (χ2n) is 3.34. The van der Waals surface area contributed by atoms with Crippen molar-refractivity contribution in [3.05, 3.63) is 0 Å². The highest BCUT2D eigenvalue weighted by Crippen LogP contribution is 2.04. The molecule has 0 saturated heterocycles. The Morgan fingerprint density at radius 3 is 2.50 bits per heavy atom. The number of hydrogen-bond donors (Lipinski definition) is 3. The molecule has 0 saturated carbocycles. The van der Waals surface area contributed by atoms with Gasteiger partial charge in [-0.3, -0.25) is 0 Å². The minimum atomic E-state index is -0.465. The fraction of sp³-hybridized carbons (Fsp3) is 0.875. The Morgan fingerprint density at radius 2 is 2.08 bits per heavy atom. The maximum absolute atomic E-state index is 10.3. The predicted octanol–water partition coefficient (Wildman–Crippen LogP) is 0.418. The molecule has 0 aromatic carbocycles. The van der Waals surface area contributed by atoms with Crippen LogP contribution in [0.15, 0.2) is 0 Å². The van der Waals surface area contributed by atoms with E-state index < -0.39 is 6.03 Å². The highest BCUT2D eigenvalue weighted by Gasteiger charge is 2.06. The topological polar surface area (TPSA) is 81.1 Å². The molecule has 4 nitrogen and oxygen atoms in total. The summed E-state index contributed by atoms with van der Waals surface area (Å²) in [6.07, 6.45) is 1.82. The van der Waals surface area contributed by atoms with Crippen molar-refractivity contribution in [2.75, 3.05) is 6.54 Å². The maximum atomic E-state index is 10.3. The minimum absolute atomic E-state index is 0.222. The zero-order chi connectivity index (χ0) is 9.56. The van der Waals surface area contributed by atoms with Crippen LogP contribution in [0.4, 0.5) is 4.79 Å². The van der Waals surface area contributed by atoms with Gasteiger partial charge in [0.05, 0.1) is 0 Å². The molecule has 0 bridgehead atoms. The third-order valence-corrected chi connectivity index (χ3v) is 1.87. The second kappa shape index (κ2) is 5.83. The van der Waals surface area contributed by atoms with Crippen molar-refractivity contribution in [3.63, 3.8) is 0 Å². The third-order valence-electron chi connectivity index (χ3n) is 1.87. The van der Waals surface area contributed by atoms with E-state index in [9.17, 15) is 4.79 Å². The highest BCUT2D eigenvalue weighted by molar-refractivity contribution is 5.71. The summed E-state index contributed by atoms with van der Waals surface area (Å²) in [5.74, 6) is 0.499. The van der Waals surface area contributed by atoms with Gasteiger partial charge >= 0.3 is 6.03 Å². The molecule has 5 N–H and O–H groups in total. The number of primary amides is 1. The molecule has 0 aliphatic heterocycles. The minimum Gasteiger partial charge on any atom is -0.352 e. The molecule has 0 rings (SSSR count). The van der Waals surface area contributed by atoms with Crippen molar-refractivity contribution >= 4 is 6.03 Å². The number of rotatable bonds is 5. The molecule has 72 valence electrons. The standard InChI is InChI=1S/C8H19N3O/c1-6(2)7(9)4-3-5-11-8(10)12/h6-7H,3-5,9H2,1-2H3,(H3,10,11,12)/t7-/m0/s1. The van der Waals surface area contributed by atoms with Gasteiger partial charge in [0.25, 0.3) is 0 Å². The van der Waals surface area contributed by atoms with E-state index in [0.29, 0.717) is 12.5 Å².